The highest BCUT2D eigenvalue weighted by Gasteiger charge is 2.45. The van der Waals surface area contributed by atoms with Gasteiger partial charge in [-0.15, -0.1) is 0 Å². The number of nitrogens with two attached hydrogens (primary N) is 2. The van der Waals surface area contributed by atoms with Gasteiger partial charge in [-0.25, -0.2) is 15.0 Å². The van der Waals surface area contributed by atoms with E-state index in [1.165, 1.54) is 17.2 Å². The number of carbonyl (C=O) groups excluding carboxylic acids is 1. The third kappa shape index (κ3) is 3.84. The van der Waals surface area contributed by atoms with E-state index in [2.05, 4.69) is 15.0 Å². The molecule has 0 amide bonds. The largest absolute Gasteiger partial charge is 0.548 e. The molecule has 2 aromatic rings. The van der Waals surface area contributed by atoms with E-state index in [1.807, 2.05) is 0 Å². The maximum Gasteiger partial charge on any atom is 0.167 e. The molecule has 12 heteroatoms. The number of rotatable bonds is 7. The van der Waals surface area contributed by atoms with Gasteiger partial charge in [0.25, 0.3) is 0 Å². The van der Waals surface area contributed by atoms with Crippen LogP contribution in [0.25, 0.3) is 11.2 Å². The lowest BCUT2D eigenvalue weighted by atomic mass is 10.1. The van der Waals surface area contributed by atoms with Crippen molar-refractivity contribution in [2.45, 2.75) is 37.4 Å². The first-order valence-electron chi connectivity index (χ1n) is 9.56. The summed E-state index contributed by atoms with van der Waals surface area (Å²) in [6.45, 7) is -2.58. The normalized spacial score (nSPS) is 29.8. The van der Waals surface area contributed by atoms with Crippen LogP contribution in [0.2, 0.25) is 0 Å². The molecule has 0 aliphatic carbocycles. The molecule has 6 atom stereocenters. The Morgan fingerprint density at radius 2 is 2.26 bits per heavy atom. The first-order chi connectivity index (χ1) is 14.0. The molecular formula is C15H22N6O5S. The molecule has 1 aliphatic heterocycles. The van der Waals surface area contributed by atoms with Crippen molar-refractivity contribution < 1.29 is 29.0 Å². The highest BCUT2D eigenvalue weighted by atomic mass is 32.2. The van der Waals surface area contributed by atoms with Gasteiger partial charge >= 0.3 is 0 Å². The van der Waals surface area contributed by atoms with Gasteiger partial charge in [0, 0.05) is 10.0 Å². The Morgan fingerprint density at radius 3 is 2.96 bits per heavy atom. The molecule has 0 radical (unpaired) electrons. The summed E-state index contributed by atoms with van der Waals surface area (Å²) >= 11 is 0.481. The molecule has 1 fully saturated rings. The van der Waals surface area contributed by atoms with E-state index in [0.717, 1.165) is 0 Å². The maximum atomic E-state index is 11.0. The van der Waals surface area contributed by atoms with Gasteiger partial charge in [0.1, 0.15) is 41.7 Å². The Hall–Kier alpha value is -1.99. The number of nitrogens with zero attached hydrogens (tertiary/aromatic N) is 4. The van der Waals surface area contributed by atoms with Crippen LogP contribution in [0.1, 0.15) is 17.2 Å². The minimum Gasteiger partial charge on any atom is -0.548 e. The lowest BCUT2D eigenvalue weighted by molar-refractivity contribution is -0.308. The van der Waals surface area contributed by atoms with E-state index in [9.17, 15) is 20.1 Å². The fraction of sp³-hybridized carbons (Fsp3) is 0.600. The summed E-state index contributed by atoms with van der Waals surface area (Å²) in [4.78, 5) is 23.0. The number of nitrogen functional groups attached to an aromatic ring is 1. The standard InChI is InChI=1S/C15H22N6O5S/c1-6(8(16)15(24)25)2-27-3-7-10(22)11(23)14(26-7)21-5-20-9-12(17)18-4-19-13(9)21/h4-8,10-11,14,22-23H,2-3,16H2,1H3,(H,24,25)(H2,17,18,19)/t6?,7-,8+,10-,11-,14-/m1/s1/i1T3. The van der Waals surface area contributed by atoms with Gasteiger partial charge in [0.05, 0.1) is 18.3 Å². The first-order valence-corrected chi connectivity index (χ1v) is 9.33. The minimum atomic E-state index is -2.58. The number of aromatic nitrogens is 4. The molecule has 0 saturated carbocycles. The number of anilines is 1. The summed E-state index contributed by atoms with van der Waals surface area (Å²) in [5.74, 6) is -2.74. The van der Waals surface area contributed by atoms with E-state index in [1.54, 1.807) is 0 Å². The van der Waals surface area contributed by atoms with Crippen molar-refractivity contribution in [3.63, 3.8) is 0 Å². The molecule has 11 nitrogen and oxygen atoms in total. The third-order valence-electron chi connectivity index (χ3n) is 4.34. The van der Waals surface area contributed by atoms with Crippen LogP contribution in [-0.2, 0) is 21.3 Å². The lowest BCUT2D eigenvalue weighted by Crippen LogP contribution is -2.47. The van der Waals surface area contributed by atoms with Crippen LogP contribution < -0.4 is 16.6 Å². The van der Waals surface area contributed by atoms with Crippen LogP contribution in [0.3, 0.4) is 0 Å². The molecule has 1 unspecified atom stereocenters. The number of carboxylic acids is 1. The number of fused-ring (bicyclic) bond motifs is 1. The molecule has 0 aromatic carbocycles. The van der Waals surface area contributed by atoms with Gasteiger partial charge in [0.2, 0.25) is 0 Å². The SMILES string of the molecule is [3H]C([3H])([3H])C(C[SH+]C[C@H]1O[C@@H](n2cnc3c(N)ncnc32)[C@H](O)[C@@H]1O)[C@H](N)C(=O)[O-]. The molecule has 1 aliphatic rings. The van der Waals surface area contributed by atoms with Crippen molar-refractivity contribution in [3.05, 3.63) is 12.7 Å². The summed E-state index contributed by atoms with van der Waals surface area (Å²) in [5.41, 5.74) is 11.9. The van der Waals surface area contributed by atoms with Crippen LogP contribution in [0, 0.1) is 5.92 Å². The van der Waals surface area contributed by atoms with Crippen molar-refractivity contribution in [1.29, 1.82) is 0 Å². The Bertz CT molecular complexity index is 915. The van der Waals surface area contributed by atoms with E-state index >= 15 is 0 Å². The zero-order valence-electron chi connectivity index (χ0n) is 17.0. The summed E-state index contributed by atoms with van der Waals surface area (Å²) < 4.78 is 29.7. The Labute approximate surface area is 163 Å². The van der Waals surface area contributed by atoms with Crippen molar-refractivity contribution >= 4 is 34.7 Å². The predicted octanol–water partition coefficient (Wildman–Crippen LogP) is -3.44. The number of aliphatic carboxylic acids is 1. The number of aliphatic hydroxyl groups excluding tert-OH is 2. The van der Waals surface area contributed by atoms with E-state index < -0.39 is 49.3 Å². The molecule has 27 heavy (non-hydrogen) atoms. The average Bonchev–Trinajstić information content (AvgIpc) is 3.20. The summed E-state index contributed by atoms with van der Waals surface area (Å²) in [6, 6.07) is -1.65. The molecule has 6 N–H and O–H groups in total. The number of aliphatic hydroxyl groups is 2. The molecule has 1 saturated heterocycles. The van der Waals surface area contributed by atoms with Crippen LogP contribution >= 0.6 is 0 Å². The third-order valence-corrected chi connectivity index (χ3v) is 5.61. The molecule has 148 valence electrons. The monoisotopic (exact) mass is 404 g/mol. The fourth-order valence-corrected chi connectivity index (χ4v) is 4.00. The molecule has 3 rings (SSSR count). The second-order valence-corrected chi connectivity index (χ2v) is 7.35. The summed E-state index contributed by atoms with van der Waals surface area (Å²) in [5, 5.41) is 31.8. The second-order valence-electron chi connectivity index (χ2n) is 6.17. The second kappa shape index (κ2) is 7.94. The number of carboxylic acid groups (broad SMARTS) is 1. The van der Waals surface area contributed by atoms with Crippen LogP contribution in [0.15, 0.2) is 12.7 Å². The molecule has 0 bridgehead atoms. The number of imidazole rings is 1. The predicted molar refractivity (Wildman–Crippen MR) is 96.3 cm³/mol. The van der Waals surface area contributed by atoms with Gasteiger partial charge in [-0.1, -0.05) is 6.85 Å². The average molecular weight is 404 g/mol. The summed E-state index contributed by atoms with van der Waals surface area (Å²) in [7, 11) is 0. The fourth-order valence-electron chi connectivity index (χ4n) is 2.78. The van der Waals surface area contributed by atoms with Gasteiger partial charge in [-0.3, -0.25) is 4.57 Å². The topological polar surface area (TPSA) is 185 Å². The minimum absolute atomic E-state index is 0.0727. The van der Waals surface area contributed by atoms with Crippen LogP contribution in [-0.4, -0.2) is 71.6 Å². The zero-order valence-corrected chi connectivity index (χ0v) is 14.9. The number of hydrogen-bond acceptors (Lipinski definition) is 10. The van der Waals surface area contributed by atoms with E-state index in [-0.39, 0.29) is 17.3 Å². The van der Waals surface area contributed by atoms with Crippen molar-refractivity contribution in [2.75, 3.05) is 17.2 Å². The Morgan fingerprint density at radius 1 is 1.48 bits per heavy atom. The number of carbonyl (C=O) groups is 1. The molecule has 2 aromatic heterocycles. The highest BCUT2D eigenvalue weighted by Crippen LogP contribution is 2.32. The Kier molecular flexibility index (Phi) is 4.71. The maximum absolute atomic E-state index is 11.0. The van der Waals surface area contributed by atoms with Gasteiger partial charge in [0.15, 0.2) is 17.7 Å². The molecular weight excluding hydrogens is 376 g/mol. The van der Waals surface area contributed by atoms with Gasteiger partial charge in [-0.05, 0) is 11.8 Å². The van der Waals surface area contributed by atoms with Crippen LogP contribution in [0.4, 0.5) is 5.82 Å². The molecule has 0 spiro atoms. The number of hydrogen-bond donors (Lipinski definition) is 4. The quantitative estimate of drug-likeness (QED) is 0.267. The molecule has 3 heterocycles. The van der Waals surface area contributed by atoms with Crippen molar-refractivity contribution in [3.8, 4) is 0 Å². The lowest BCUT2D eigenvalue weighted by Gasteiger charge is -2.18. The van der Waals surface area contributed by atoms with E-state index in [0.29, 0.717) is 22.9 Å². The smallest absolute Gasteiger partial charge is 0.167 e. The highest BCUT2D eigenvalue weighted by molar-refractivity contribution is 7.78. The van der Waals surface area contributed by atoms with Crippen molar-refractivity contribution in [1.82, 2.24) is 19.5 Å². The van der Waals surface area contributed by atoms with Crippen LogP contribution in [0.5, 0.6) is 0 Å². The van der Waals surface area contributed by atoms with Crippen molar-refractivity contribution in [2.24, 2.45) is 11.7 Å². The first kappa shape index (κ1) is 16.0. The Balaban J connectivity index is 1.68. The number of ether oxygens (including phenoxy) is 1. The van der Waals surface area contributed by atoms with E-state index in [4.69, 9.17) is 20.3 Å². The zero-order chi connectivity index (χ0) is 22.2. The van der Waals surface area contributed by atoms with Gasteiger partial charge < -0.3 is 36.3 Å². The number of thiol groups is 1. The van der Waals surface area contributed by atoms with Gasteiger partial charge in [-0.2, -0.15) is 0 Å². The summed E-state index contributed by atoms with van der Waals surface area (Å²) in [6.07, 6.45) is -1.80.